The summed E-state index contributed by atoms with van der Waals surface area (Å²) in [6.45, 7) is 0. The molecule has 0 unspecified atom stereocenters. The van der Waals surface area contributed by atoms with Gasteiger partial charge in [-0.3, -0.25) is 4.79 Å². The molecule has 0 bridgehead atoms. The van der Waals surface area contributed by atoms with Crippen molar-refractivity contribution in [2.24, 2.45) is 5.92 Å². The molecule has 0 radical (unpaired) electrons. The number of Topliss-reactive ketones (excluding diaryl/α,β-unsaturated/α-hetero) is 1. The standard InChI is InChI=1S/C17H18N2O/c18-11-13(12-19)10-17(20)16-8-6-15(7-9-16)14-4-2-1-3-5-14/h6-9,13-14H,1-5,10H2. The number of carbonyl (C=O) groups is 1. The average Bonchev–Trinajstić information content (AvgIpc) is 2.53. The minimum absolute atomic E-state index is 0.0181. The van der Waals surface area contributed by atoms with Crippen molar-refractivity contribution in [2.75, 3.05) is 0 Å². The zero-order valence-corrected chi connectivity index (χ0v) is 11.5. The molecule has 0 spiro atoms. The van der Waals surface area contributed by atoms with Crippen LogP contribution in [0.15, 0.2) is 24.3 Å². The number of ketones is 1. The van der Waals surface area contributed by atoms with Gasteiger partial charge in [0.25, 0.3) is 0 Å². The molecule has 0 N–H and O–H groups in total. The van der Waals surface area contributed by atoms with Crippen molar-refractivity contribution in [3.8, 4) is 12.1 Å². The van der Waals surface area contributed by atoms with Crippen LogP contribution in [0.5, 0.6) is 0 Å². The van der Waals surface area contributed by atoms with Crippen molar-refractivity contribution in [1.29, 1.82) is 10.5 Å². The Hall–Kier alpha value is -2.13. The third kappa shape index (κ3) is 3.45. The molecule has 0 atom stereocenters. The molecular weight excluding hydrogens is 248 g/mol. The zero-order valence-electron chi connectivity index (χ0n) is 11.5. The molecule has 3 heteroatoms. The maximum Gasteiger partial charge on any atom is 0.165 e. The highest BCUT2D eigenvalue weighted by molar-refractivity contribution is 5.96. The first kappa shape index (κ1) is 14.3. The van der Waals surface area contributed by atoms with E-state index in [4.69, 9.17) is 10.5 Å². The Balaban J connectivity index is 2.02. The quantitative estimate of drug-likeness (QED) is 0.774. The molecule has 0 aliphatic heterocycles. The van der Waals surface area contributed by atoms with Crippen molar-refractivity contribution in [3.05, 3.63) is 35.4 Å². The summed E-state index contributed by atoms with van der Waals surface area (Å²) in [5.74, 6) is -0.354. The van der Waals surface area contributed by atoms with E-state index in [-0.39, 0.29) is 12.2 Å². The SMILES string of the molecule is N#CC(C#N)CC(=O)c1ccc(C2CCCCC2)cc1. The summed E-state index contributed by atoms with van der Waals surface area (Å²) >= 11 is 0. The molecule has 0 amide bonds. The maximum atomic E-state index is 12.0. The normalized spacial score (nSPS) is 15.6. The van der Waals surface area contributed by atoms with Crippen molar-refractivity contribution >= 4 is 5.78 Å². The molecule has 2 rings (SSSR count). The smallest absolute Gasteiger partial charge is 0.165 e. The predicted octanol–water partition coefficient (Wildman–Crippen LogP) is 3.97. The summed E-state index contributed by atoms with van der Waals surface area (Å²) in [6, 6.07) is 11.4. The van der Waals surface area contributed by atoms with E-state index >= 15 is 0 Å². The van der Waals surface area contributed by atoms with Gasteiger partial charge in [-0.2, -0.15) is 10.5 Å². The Kier molecular flexibility index (Phi) is 4.91. The lowest BCUT2D eigenvalue weighted by molar-refractivity contribution is 0.0976. The molecule has 1 aliphatic rings. The molecule has 0 heterocycles. The Morgan fingerprint density at radius 3 is 2.25 bits per heavy atom. The van der Waals surface area contributed by atoms with Crippen LogP contribution in [0.4, 0.5) is 0 Å². The summed E-state index contributed by atoms with van der Waals surface area (Å²) in [6.07, 6.45) is 6.36. The fourth-order valence-electron chi connectivity index (χ4n) is 2.80. The molecule has 0 aromatic heterocycles. The molecule has 102 valence electrons. The average molecular weight is 266 g/mol. The number of carbonyl (C=O) groups excluding carboxylic acids is 1. The largest absolute Gasteiger partial charge is 0.294 e. The number of hydrogen-bond acceptors (Lipinski definition) is 3. The monoisotopic (exact) mass is 266 g/mol. The fraction of sp³-hybridized carbons (Fsp3) is 0.471. The molecule has 1 aromatic carbocycles. The first-order valence-electron chi connectivity index (χ1n) is 7.17. The molecule has 1 fully saturated rings. The topological polar surface area (TPSA) is 64.7 Å². The van der Waals surface area contributed by atoms with E-state index in [0.717, 1.165) is 0 Å². The molecule has 1 saturated carbocycles. The summed E-state index contributed by atoms with van der Waals surface area (Å²) in [5, 5.41) is 17.4. The van der Waals surface area contributed by atoms with Gasteiger partial charge in [0.05, 0.1) is 12.1 Å². The highest BCUT2D eigenvalue weighted by atomic mass is 16.1. The van der Waals surface area contributed by atoms with Crippen LogP contribution < -0.4 is 0 Å². The van der Waals surface area contributed by atoms with E-state index in [1.165, 1.54) is 37.7 Å². The first-order valence-corrected chi connectivity index (χ1v) is 7.17. The fourth-order valence-corrected chi connectivity index (χ4v) is 2.80. The second kappa shape index (κ2) is 6.87. The molecule has 1 aromatic rings. The lowest BCUT2D eigenvalue weighted by Crippen LogP contribution is -2.07. The summed E-state index contributed by atoms with van der Waals surface area (Å²) in [4.78, 5) is 12.0. The van der Waals surface area contributed by atoms with Crippen molar-refractivity contribution < 1.29 is 4.79 Å². The van der Waals surface area contributed by atoms with Crippen LogP contribution in [-0.4, -0.2) is 5.78 Å². The highest BCUT2D eigenvalue weighted by Crippen LogP contribution is 2.32. The Morgan fingerprint density at radius 2 is 1.70 bits per heavy atom. The van der Waals surface area contributed by atoms with E-state index in [1.54, 1.807) is 0 Å². The van der Waals surface area contributed by atoms with Gasteiger partial charge in [0.1, 0.15) is 5.92 Å². The van der Waals surface area contributed by atoms with Crippen molar-refractivity contribution in [1.82, 2.24) is 0 Å². The second-order valence-corrected chi connectivity index (χ2v) is 5.40. The third-order valence-corrected chi connectivity index (χ3v) is 4.01. The van der Waals surface area contributed by atoms with Gasteiger partial charge in [-0.25, -0.2) is 0 Å². The highest BCUT2D eigenvalue weighted by Gasteiger charge is 2.17. The minimum Gasteiger partial charge on any atom is -0.294 e. The summed E-state index contributed by atoms with van der Waals surface area (Å²) in [7, 11) is 0. The van der Waals surface area contributed by atoms with Gasteiger partial charge in [0.15, 0.2) is 5.78 Å². The van der Waals surface area contributed by atoms with Crippen LogP contribution in [0.1, 0.15) is 60.4 Å². The van der Waals surface area contributed by atoms with Gasteiger partial charge < -0.3 is 0 Å². The molecule has 3 nitrogen and oxygen atoms in total. The third-order valence-electron chi connectivity index (χ3n) is 4.01. The van der Waals surface area contributed by atoms with Crippen LogP contribution >= 0.6 is 0 Å². The molecular formula is C17H18N2O. The van der Waals surface area contributed by atoms with Crippen molar-refractivity contribution in [2.45, 2.75) is 44.4 Å². The number of nitrogens with zero attached hydrogens (tertiary/aromatic N) is 2. The molecule has 20 heavy (non-hydrogen) atoms. The number of nitriles is 2. The van der Waals surface area contributed by atoms with Crippen LogP contribution in [0.3, 0.4) is 0 Å². The van der Waals surface area contributed by atoms with Crippen LogP contribution in [0.25, 0.3) is 0 Å². The van der Waals surface area contributed by atoms with Gasteiger partial charge in [-0.15, -0.1) is 0 Å². The summed E-state index contributed by atoms with van der Waals surface area (Å²) in [5.41, 5.74) is 1.90. The van der Waals surface area contributed by atoms with Gasteiger partial charge in [-0.1, -0.05) is 43.5 Å². The van der Waals surface area contributed by atoms with Crippen LogP contribution in [-0.2, 0) is 0 Å². The minimum atomic E-state index is -0.847. The van der Waals surface area contributed by atoms with E-state index in [0.29, 0.717) is 11.5 Å². The Labute approximate surface area is 119 Å². The lowest BCUT2D eigenvalue weighted by Gasteiger charge is -2.22. The zero-order chi connectivity index (χ0) is 14.4. The van der Waals surface area contributed by atoms with E-state index in [1.807, 2.05) is 36.4 Å². The summed E-state index contributed by atoms with van der Waals surface area (Å²) < 4.78 is 0. The van der Waals surface area contributed by atoms with Gasteiger partial charge >= 0.3 is 0 Å². The van der Waals surface area contributed by atoms with Crippen molar-refractivity contribution in [3.63, 3.8) is 0 Å². The van der Waals surface area contributed by atoms with Gasteiger partial charge in [0.2, 0.25) is 0 Å². The van der Waals surface area contributed by atoms with E-state index < -0.39 is 5.92 Å². The maximum absolute atomic E-state index is 12.0. The Morgan fingerprint density at radius 1 is 1.10 bits per heavy atom. The predicted molar refractivity (Wildman–Crippen MR) is 75.9 cm³/mol. The molecule has 1 aliphatic carbocycles. The van der Waals surface area contributed by atoms with Crippen LogP contribution in [0, 0.1) is 28.6 Å². The van der Waals surface area contributed by atoms with E-state index in [9.17, 15) is 4.79 Å². The van der Waals surface area contributed by atoms with Gasteiger partial charge in [-0.05, 0) is 24.3 Å². The molecule has 0 saturated heterocycles. The van der Waals surface area contributed by atoms with Gasteiger partial charge in [0, 0.05) is 12.0 Å². The number of benzene rings is 1. The second-order valence-electron chi connectivity index (χ2n) is 5.40. The lowest BCUT2D eigenvalue weighted by atomic mass is 9.83. The number of rotatable bonds is 4. The van der Waals surface area contributed by atoms with E-state index in [2.05, 4.69) is 0 Å². The Bertz CT molecular complexity index is 528. The number of hydrogen-bond donors (Lipinski definition) is 0. The van der Waals surface area contributed by atoms with Crippen LogP contribution in [0.2, 0.25) is 0 Å². The first-order chi connectivity index (χ1) is 9.74.